The Morgan fingerprint density at radius 1 is 1.22 bits per heavy atom. The summed E-state index contributed by atoms with van der Waals surface area (Å²) in [5.74, 6) is 0.119. The standard InChI is InChI=1S/C19H19N7O/c1-3-25-10-9-15(24-25)13(2)22-18(27)17-11-16(14-7-5-4-6-8-14)23-19-20-12-21-26(17)19/h4-13H,3H2,1-2H3,(H,22,27)/t13-/m0/s1. The third-order valence-corrected chi connectivity index (χ3v) is 4.33. The third kappa shape index (κ3) is 3.29. The number of nitrogens with zero attached hydrogens (tertiary/aromatic N) is 6. The molecule has 0 spiro atoms. The number of carbonyl (C=O) groups is 1. The van der Waals surface area contributed by atoms with E-state index in [-0.39, 0.29) is 11.9 Å². The van der Waals surface area contributed by atoms with Crippen LogP contribution in [0, 0.1) is 0 Å². The fourth-order valence-corrected chi connectivity index (χ4v) is 2.86. The maximum atomic E-state index is 12.9. The summed E-state index contributed by atoms with van der Waals surface area (Å²) in [6.45, 7) is 4.70. The van der Waals surface area contributed by atoms with E-state index in [1.807, 2.05) is 61.1 Å². The summed E-state index contributed by atoms with van der Waals surface area (Å²) in [5.41, 5.74) is 2.76. The highest BCUT2D eigenvalue weighted by atomic mass is 16.2. The van der Waals surface area contributed by atoms with Crippen molar-refractivity contribution < 1.29 is 4.79 Å². The van der Waals surface area contributed by atoms with Crippen molar-refractivity contribution in [2.45, 2.75) is 26.4 Å². The molecule has 3 aromatic heterocycles. The summed E-state index contributed by atoms with van der Waals surface area (Å²) < 4.78 is 3.27. The van der Waals surface area contributed by atoms with Crippen molar-refractivity contribution in [2.75, 3.05) is 0 Å². The second-order valence-corrected chi connectivity index (χ2v) is 6.16. The fourth-order valence-electron chi connectivity index (χ4n) is 2.86. The van der Waals surface area contributed by atoms with Crippen molar-refractivity contribution in [3.63, 3.8) is 0 Å². The first-order valence-electron chi connectivity index (χ1n) is 8.76. The number of aryl methyl sites for hydroxylation is 1. The zero-order chi connectivity index (χ0) is 18.8. The lowest BCUT2D eigenvalue weighted by atomic mass is 10.1. The van der Waals surface area contributed by atoms with Gasteiger partial charge in [0.25, 0.3) is 11.7 Å². The maximum absolute atomic E-state index is 12.9. The Labute approximate surface area is 155 Å². The zero-order valence-electron chi connectivity index (χ0n) is 15.1. The number of nitrogens with one attached hydrogen (secondary N) is 1. The van der Waals surface area contributed by atoms with Crippen LogP contribution in [0.1, 0.15) is 36.1 Å². The zero-order valence-corrected chi connectivity index (χ0v) is 15.1. The lowest BCUT2D eigenvalue weighted by Gasteiger charge is -2.13. The topological polar surface area (TPSA) is 90.0 Å². The van der Waals surface area contributed by atoms with Crippen molar-refractivity contribution in [1.29, 1.82) is 0 Å². The number of benzene rings is 1. The molecular weight excluding hydrogens is 342 g/mol. The Hall–Kier alpha value is -3.55. The van der Waals surface area contributed by atoms with E-state index in [0.717, 1.165) is 17.8 Å². The van der Waals surface area contributed by atoms with Crippen molar-refractivity contribution in [2.24, 2.45) is 0 Å². The highest BCUT2D eigenvalue weighted by molar-refractivity contribution is 5.94. The molecule has 1 amide bonds. The normalized spacial score (nSPS) is 12.2. The van der Waals surface area contributed by atoms with Crippen LogP contribution in [-0.2, 0) is 6.54 Å². The molecule has 8 heteroatoms. The molecule has 0 unspecified atom stereocenters. The summed E-state index contributed by atoms with van der Waals surface area (Å²) >= 11 is 0. The molecule has 136 valence electrons. The largest absolute Gasteiger partial charge is 0.343 e. The monoisotopic (exact) mass is 361 g/mol. The molecule has 1 N–H and O–H groups in total. The molecule has 0 bridgehead atoms. The van der Waals surface area contributed by atoms with Gasteiger partial charge in [0.1, 0.15) is 12.0 Å². The number of hydrogen-bond donors (Lipinski definition) is 1. The van der Waals surface area contributed by atoms with E-state index >= 15 is 0 Å². The predicted octanol–water partition coefficient (Wildman–Crippen LogP) is 2.50. The lowest BCUT2D eigenvalue weighted by molar-refractivity contribution is 0.0931. The molecule has 0 saturated carbocycles. The van der Waals surface area contributed by atoms with Crippen LogP contribution < -0.4 is 5.32 Å². The Morgan fingerprint density at radius 3 is 2.78 bits per heavy atom. The first-order valence-corrected chi connectivity index (χ1v) is 8.76. The minimum atomic E-state index is -0.261. The Balaban J connectivity index is 1.67. The molecule has 8 nitrogen and oxygen atoms in total. The van der Waals surface area contributed by atoms with Crippen LogP contribution in [-0.4, -0.2) is 35.3 Å². The van der Waals surface area contributed by atoms with E-state index in [1.54, 1.807) is 6.07 Å². The van der Waals surface area contributed by atoms with Gasteiger partial charge < -0.3 is 5.32 Å². The van der Waals surface area contributed by atoms with E-state index in [2.05, 4.69) is 25.5 Å². The Kier molecular flexibility index (Phi) is 4.37. The molecule has 4 rings (SSSR count). The number of carbonyl (C=O) groups excluding carboxylic acids is 1. The van der Waals surface area contributed by atoms with E-state index in [4.69, 9.17) is 0 Å². The summed E-state index contributed by atoms with van der Waals surface area (Å²) in [7, 11) is 0. The van der Waals surface area contributed by atoms with Gasteiger partial charge in [-0.05, 0) is 26.0 Å². The number of hydrogen-bond acceptors (Lipinski definition) is 5. The van der Waals surface area contributed by atoms with Gasteiger partial charge in [-0.25, -0.2) is 4.98 Å². The van der Waals surface area contributed by atoms with Crippen LogP contribution in [0.4, 0.5) is 0 Å². The third-order valence-electron chi connectivity index (χ3n) is 4.33. The molecule has 4 aromatic rings. The van der Waals surface area contributed by atoms with E-state index in [9.17, 15) is 4.79 Å². The second kappa shape index (κ2) is 6.99. The SMILES string of the molecule is CCn1ccc([C@H](C)NC(=O)c2cc(-c3ccccc3)nc3ncnn23)n1. The van der Waals surface area contributed by atoms with Gasteiger partial charge in [-0.2, -0.15) is 19.7 Å². The quantitative estimate of drug-likeness (QED) is 0.590. The Bertz CT molecular complexity index is 1080. The molecule has 0 aliphatic carbocycles. The summed E-state index contributed by atoms with van der Waals surface area (Å²) in [5, 5.41) is 11.6. The van der Waals surface area contributed by atoms with Gasteiger partial charge in [0.2, 0.25) is 0 Å². The molecule has 0 radical (unpaired) electrons. The van der Waals surface area contributed by atoms with Gasteiger partial charge in [0.15, 0.2) is 0 Å². The molecule has 0 fully saturated rings. The van der Waals surface area contributed by atoms with Crippen LogP contribution in [0.15, 0.2) is 55.0 Å². The van der Waals surface area contributed by atoms with Crippen LogP contribution in [0.5, 0.6) is 0 Å². The van der Waals surface area contributed by atoms with Gasteiger partial charge >= 0.3 is 0 Å². The van der Waals surface area contributed by atoms with Crippen molar-refractivity contribution in [3.05, 3.63) is 66.4 Å². The Morgan fingerprint density at radius 2 is 2.04 bits per heavy atom. The van der Waals surface area contributed by atoms with Crippen LogP contribution in [0.3, 0.4) is 0 Å². The highest BCUT2D eigenvalue weighted by Crippen LogP contribution is 2.19. The first-order chi connectivity index (χ1) is 13.2. The molecule has 0 aliphatic heterocycles. The van der Waals surface area contributed by atoms with Crippen molar-refractivity contribution in [3.8, 4) is 11.3 Å². The molecular formula is C19H19N7O. The summed E-state index contributed by atoms with van der Waals surface area (Å²) in [4.78, 5) is 21.6. The number of amides is 1. The van der Waals surface area contributed by atoms with Crippen LogP contribution in [0.25, 0.3) is 17.0 Å². The second-order valence-electron chi connectivity index (χ2n) is 6.16. The molecule has 0 aliphatic rings. The molecule has 3 heterocycles. The summed E-state index contributed by atoms with van der Waals surface area (Å²) in [6, 6.07) is 13.1. The fraction of sp³-hybridized carbons (Fsp3) is 0.211. The molecule has 27 heavy (non-hydrogen) atoms. The average molecular weight is 361 g/mol. The number of fused-ring (bicyclic) bond motifs is 1. The maximum Gasteiger partial charge on any atom is 0.270 e. The first kappa shape index (κ1) is 16.9. The summed E-state index contributed by atoms with van der Waals surface area (Å²) in [6.07, 6.45) is 3.29. The van der Waals surface area contributed by atoms with E-state index in [0.29, 0.717) is 17.2 Å². The van der Waals surface area contributed by atoms with Crippen molar-refractivity contribution >= 4 is 11.7 Å². The smallest absolute Gasteiger partial charge is 0.270 e. The van der Waals surface area contributed by atoms with Gasteiger partial charge in [0.05, 0.1) is 17.4 Å². The van der Waals surface area contributed by atoms with Gasteiger partial charge in [-0.15, -0.1) is 0 Å². The highest BCUT2D eigenvalue weighted by Gasteiger charge is 2.19. The minimum Gasteiger partial charge on any atom is -0.343 e. The van der Waals surface area contributed by atoms with Gasteiger partial charge in [-0.1, -0.05) is 30.3 Å². The van der Waals surface area contributed by atoms with Crippen molar-refractivity contribution in [1.82, 2.24) is 34.7 Å². The van der Waals surface area contributed by atoms with Gasteiger partial charge in [0, 0.05) is 18.3 Å². The molecule has 1 atom stereocenters. The average Bonchev–Trinajstić information content (AvgIpc) is 3.37. The number of aromatic nitrogens is 6. The van der Waals surface area contributed by atoms with E-state index in [1.165, 1.54) is 10.8 Å². The van der Waals surface area contributed by atoms with Gasteiger partial charge in [-0.3, -0.25) is 9.48 Å². The van der Waals surface area contributed by atoms with Crippen LogP contribution >= 0.6 is 0 Å². The molecule has 0 saturated heterocycles. The lowest BCUT2D eigenvalue weighted by Crippen LogP contribution is -2.29. The number of rotatable bonds is 5. The molecule has 1 aromatic carbocycles. The van der Waals surface area contributed by atoms with Crippen LogP contribution in [0.2, 0.25) is 0 Å². The van der Waals surface area contributed by atoms with E-state index < -0.39 is 0 Å². The minimum absolute atomic E-state index is 0.239. The predicted molar refractivity (Wildman–Crippen MR) is 100 cm³/mol.